The van der Waals surface area contributed by atoms with Crippen LogP contribution in [0.2, 0.25) is 0 Å². The van der Waals surface area contributed by atoms with Crippen LogP contribution in [-0.4, -0.2) is 4.57 Å². The predicted molar refractivity (Wildman–Crippen MR) is 68.0 cm³/mol. The quantitative estimate of drug-likeness (QED) is 0.588. The van der Waals surface area contributed by atoms with Crippen LogP contribution < -0.4 is 0 Å². The highest BCUT2D eigenvalue weighted by Gasteiger charge is 2.03. The van der Waals surface area contributed by atoms with Gasteiger partial charge in [0.05, 0.1) is 5.52 Å². The molecule has 1 aromatic heterocycles. The fraction of sp³-hybridized carbons (Fsp3) is 0.0667. The Bertz CT molecular complexity index is 665. The summed E-state index contributed by atoms with van der Waals surface area (Å²) in [7, 11) is 0. The SMILES string of the molecule is Cc1ccc2ccn(-c3ccc(F)cc3)c2c1. The average molecular weight is 225 g/mol. The number of nitrogens with zero attached hydrogens (tertiary/aromatic N) is 1. The van der Waals surface area contributed by atoms with E-state index in [1.807, 2.05) is 6.20 Å². The van der Waals surface area contributed by atoms with Gasteiger partial charge in [-0.2, -0.15) is 0 Å². The van der Waals surface area contributed by atoms with E-state index in [0.29, 0.717) is 0 Å². The van der Waals surface area contributed by atoms with Crippen molar-refractivity contribution in [2.75, 3.05) is 0 Å². The number of benzene rings is 2. The maximum absolute atomic E-state index is 12.9. The fourth-order valence-electron chi connectivity index (χ4n) is 2.07. The van der Waals surface area contributed by atoms with Crippen molar-refractivity contribution >= 4 is 10.9 Å². The van der Waals surface area contributed by atoms with Crippen molar-refractivity contribution in [3.05, 3.63) is 66.1 Å². The van der Waals surface area contributed by atoms with E-state index in [1.54, 1.807) is 12.1 Å². The molecule has 0 fully saturated rings. The normalized spacial score (nSPS) is 10.9. The molecule has 0 amide bonds. The van der Waals surface area contributed by atoms with Crippen LogP contribution in [0.5, 0.6) is 0 Å². The lowest BCUT2D eigenvalue weighted by molar-refractivity contribution is 0.627. The Morgan fingerprint density at radius 1 is 0.941 bits per heavy atom. The molecule has 84 valence electrons. The number of hydrogen-bond acceptors (Lipinski definition) is 0. The predicted octanol–water partition coefficient (Wildman–Crippen LogP) is 4.08. The largest absolute Gasteiger partial charge is 0.317 e. The minimum absolute atomic E-state index is 0.207. The summed E-state index contributed by atoms with van der Waals surface area (Å²) < 4.78 is 15.0. The van der Waals surface area contributed by atoms with Crippen molar-refractivity contribution in [3.8, 4) is 5.69 Å². The molecule has 0 N–H and O–H groups in total. The molecule has 2 heteroatoms. The van der Waals surface area contributed by atoms with E-state index in [2.05, 4.69) is 35.8 Å². The van der Waals surface area contributed by atoms with Gasteiger partial charge in [-0.1, -0.05) is 12.1 Å². The van der Waals surface area contributed by atoms with E-state index >= 15 is 0 Å². The lowest BCUT2D eigenvalue weighted by Gasteiger charge is -2.05. The maximum Gasteiger partial charge on any atom is 0.123 e. The second-order valence-corrected chi connectivity index (χ2v) is 4.22. The van der Waals surface area contributed by atoms with Crippen LogP contribution in [0.1, 0.15) is 5.56 Å². The van der Waals surface area contributed by atoms with Gasteiger partial charge < -0.3 is 4.57 Å². The molecule has 1 nitrogen and oxygen atoms in total. The molecule has 0 aliphatic carbocycles. The van der Waals surface area contributed by atoms with Crippen LogP contribution >= 0.6 is 0 Å². The third kappa shape index (κ3) is 1.72. The summed E-state index contributed by atoms with van der Waals surface area (Å²) in [5.74, 6) is -0.207. The molecular weight excluding hydrogens is 213 g/mol. The first kappa shape index (κ1) is 10.1. The molecule has 0 unspecified atom stereocenters. The molecule has 1 heterocycles. The maximum atomic E-state index is 12.9. The molecule has 0 radical (unpaired) electrons. The third-order valence-corrected chi connectivity index (χ3v) is 2.95. The van der Waals surface area contributed by atoms with Crippen LogP contribution in [0.25, 0.3) is 16.6 Å². The molecule has 3 rings (SSSR count). The molecule has 0 saturated carbocycles. The van der Waals surface area contributed by atoms with Gasteiger partial charge in [0.2, 0.25) is 0 Å². The van der Waals surface area contributed by atoms with E-state index < -0.39 is 0 Å². The molecule has 2 aromatic carbocycles. The van der Waals surface area contributed by atoms with Crippen LogP contribution in [-0.2, 0) is 0 Å². The molecule has 0 spiro atoms. The van der Waals surface area contributed by atoms with Gasteiger partial charge in [-0.15, -0.1) is 0 Å². The molecule has 3 aromatic rings. The zero-order valence-electron chi connectivity index (χ0n) is 9.52. The highest BCUT2D eigenvalue weighted by molar-refractivity contribution is 5.82. The van der Waals surface area contributed by atoms with Crippen LogP contribution in [0.3, 0.4) is 0 Å². The summed E-state index contributed by atoms with van der Waals surface area (Å²) >= 11 is 0. The second-order valence-electron chi connectivity index (χ2n) is 4.22. The number of rotatable bonds is 1. The summed E-state index contributed by atoms with van der Waals surface area (Å²) in [4.78, 5) is 0. The van der Waals surface area contributed by atoms with Crippen molar-refractivity contribution in [2.24, 2.45) is 0 Å². The molecule has 0 saturated heterocycles. The van der Waals surface area contributed by atoms with E-state index in [-0.39, 0.29) is 5.82 Å². The molecule has 0 aliphatic rings. The second kappa shape index (κ2) is 3.74. The van der Waals surface area contributed by atoms with E-state index in [4.69, 9.17) is 0 Å². The Labute approximate surface area is 99.1 Å². The summed E-state index contributed by atoms with van der Waals surface area (Å²) in [5, 5.41) is 1.19. The highest BCUT2D eigenvalue weighted by atomic mass is 19.1. The lowest BCUT2D eigenvalue weighted by atomic mass is 10.2. The van der Waals surface area contributed by atoms with Gasteiger partial charge in [0.15, 0.2) is 0 Å². The molecule has 17 heavy (non-hydrogen) atoms. The first-order chi connectivity index (χ1) is 8.24. The van der Waals surface area contributed by atoms with Gasteiger partial charge in [0, 0.05) is 11.9 Å². The minimum Gasteiger partial charge on any atom is -0.317 e. The van der Waals surface area contributed by atoms with Crippen molar-refractivity contribution < 1.29 is 4.39 Å². The zero-order chi connectivity index (χ0) is 11.8. The topological polar surface area (TPSA) is 4.93 Å². The van der Waals surface area contributed by atoms with Gasteiger partial charge in [-0.3, -0.25) is 0 Å². The van der Waals surface area contributed by atoms with Crippen molar-refractivity contribution in [3.63, 3.8) is 0 Å². The minimum atomic E-state index is -0.207. The van der Waals surface area contributed by atoms with Crippen LogP contribution in [0, 0.1) is 12.7 Å². The highest BCUT2D eigenvalue weighted by Crippen LogP contribution is 2.21. The average Bonchev–Trinajstić information content (AvgIpc) is 2.73. The smallest absolute Gasteiger partial charge is 0.123 e. The van der Waals surface area contributed by atoms with Crippen molar-refractivity contribution in [1.29, 1.82) is 0 Å². The zero-order valence-corrected chi connectivity index (χ0v) is 9.52. The monoisotopic (exact) mass is 225 g/mol. The number of halogens is 1. The standard InChI is InChI=1S/C15H12FN/c1-11-2-3-12-8-9-17(15(12)10-11)14-6-4-13(16)5-7-14/h2-10H,1H3. The van der Waals surface area contributed by atoms with Crippen LogP contribution in [0.4, 0.5) is 4.39 Å². The lowest BCUT2D eigenvalue weighted by Crippen LogP contribution is -1.91. The number of aryl methyl sites for hydroxylation is 1. The van der Waals surface area contributed by atoms with Gasteiger partial charge in [-0.25, -0.2) is 4.39 Å². The van der Waals surface area contributed by atoms with Gasteiger partial charge in [0.25, 0.3) is 0 Å². The summed E-state index contributed by atoms with van der Waals surface area (Å²) in [6.07, 6.45) is 2.01. The van der Waals surface area contributed by atoms with E-state index in [9.17, 15) is 4.39 Å². The Morgan fingerprint density at radius 3 is 2.47 bits per heavy atom. The molecule has 0 aliphatic heterocycles. The van der Waals surface area contributed by atoms with Gasteiger partial charge in [0.1, 0.15) is 5.82 Å². The Morgan fingerprint density at radius 2 is 1.71 bits per heavy atom. The van der Waals surface area contributed by atoms with Crippen molar-refractivity contribution in [2.45, 2.75) is 6.92 Å². The van der Waals surface area contributed by atoms with E-state index in [0.717, 1.165) is 11.2 Å². The third-order valence-electron chi connectivity index (χ3n) is 2.95. The first-order valence-corrected chi connectivity index (χ1v) is 5.58. The Kier molecular flexibility index (Phi) is 2.22. The van der Waals surface area contributed by atoms with Crippen molar-refractivity contribution in [1.82, 2.24) is 4.57 Å². The fourth-order valence-corrected chi connectivity index (χ4v) is 2.07. The summed E-state index contributed by atoms with van der Waals surface area (Å²) in [5.41, 5.74) is 3.35. The molecule has 0 atom stereocenters. The molecular formula is C15H12FN. The first-order valence-electron chi connectivity index (χ1n) is 5.58. The number of hydrogen-bond donors (Lipinski definition) is 0. The number of fused-ring (bicyclic) bond motifs is 1. The number of aromatic nitrogens is 1. The van der Waals surface area contributed by atoms with Gasteiger partial charge in [-0.05, 0) is 54.3 Å². The summed E-state index contributed by atoms with van der Waals surface area (Å²) in [6.45, 7) is 2.07. The van der Waals surface area contributed by atoms with Gasteiger partial charge >= 0.3 is 0 Å². The van der Waals surface area contributed by atoms with Crippen LogP contribution in [0.15, 0.2) is 54.7 Å². The molecule has 0 bridgehead atoms. The summed E-state index contributed by atoms with van der Waals surface area (Å²) in [6, 6.07) is 14.9. The Balaban J connectivity index is 2.23. The van der Waals surface area contributed by atoms with E-state index in [1.165, 1.54) is 23.1 Å². The Hall–Kier alpha value is -2.09.